The van der Waals surface area contributed by atoms with Crippen molar-refractivity contribution in [2.45, 2.75) is 50.2 Å². The average Bonchev–Trinajstić information content (AvgIpc) is 3.68. The highest BCUT2D eigenvalue weighted by atomic mass is 35.5. The van der Waals surface area contributed by atoms with E-state index < -0.39 is 11.9 Å². The smallest absolute Gasteiger partial charge is 0.370 e. The zero-order valence-corrected chi connectivity index (χ0v) is 22.2. The van der Waals surface area contributed by atoms with E-state index in [4.69, 9.17) is 20.9 Å². The van der Waals surface area contributed by atoms with E-state index >= 15 is 0 Å². The highest BCUT2D eigenvalue weighted by molar-refractivity contribution is 6.30. The van der Waals surface area contributed by atoms with Crippen LogP contribution in [0.25, 0.3) is 22.5 Å². The van der Waals surface area contributed by atoms with E-state index in [0.717, 1.165) is 25.9 Å². The van der Waals surface area contributed by atoms with Crippen molar-refractivity contribution in [3.63, 3.8) is 0 Å². The molecule has 7 nitrogen and oxygen atoms in total. The maximum absolute atomic E-state index is 13.9. The quantitative estimate of drug-likeness (QED) is 0.360. The van der Waals surface area contributed by atoms with E-state index in [1.807, 2.05) is 0 Å². The van der Waals surface area contributed by atoms with Crippen LogP contribution in [-0.4, -0.2) is 63.3 Å². The number of imidazole rings is 1. The Kier molecular flexibility index (Phi) is 7.03. The van der Waals surface area contributed by atoms with Gasteiger partial charge in [0.25, 0.3) is 0 Å². The molecule has 5 heterocycles. The van der Waals surface area contributed by atoms with Gasteiger partial charge in [-0.3, -0.25) is 4.90 Å². The molecular weight excluding hydrogens is 531 g/mol. The molecule has 11 heteroatoms. The van der Waals surface area contributed by atoms with E-state index in [2.05, 4.69) is 45.3 Å². The van der Waals surface area contributed by atoms with E-state index in [-0.39, 0.29) is 29.2 Å². The number of alkyl halides is 3. The van der Waals surface area contributed by atoms with Gasteiger partial charge in [0.2, 0.25) is 5.76 Å². The van der Waals surface area contributed by atoms with Gasteiger partial charge in [-0.1, -0.05) is 41.0 Å². The fourth-order valence-corrected chi connectivity index (χ4v) is 5.92. The van der Waals surface area contributed by atoms with Gasteiger partial charge >= 0.3 is 6.18 Å². The summed E-state index contributed by atoms with van der Waals surface area (Å²) < 4.78 is 54.2. The van der Waals surface area contributed by atoms with Gasteiger partial charge in [0.05, 0.1) is 24.2 Å². The summed E-state index contributed by atoms with van der Waals surface area (Å²) in [6.45, 7) is 2.49. The highest BCUT2D eigenvalue weighted by Gasteiger charge is 2.42. The summed E-state index contributed by atoms with van der Waals surface area (Å²) >= 11 is 5.97. The number of benzene rings is 1. The normalized spacial score (nSPS) is 24.4. The van der Waals surface area contributed by atoms with Gasteiger partial charge in [-0.25, -0.2) is 4.98 Å². The minimum absolute atomic E-state index is 0.0568. The Morgan fingerprint density at radius 2 is 1.95 bits per heavy atom. The molecule has 3 aliphatic heterocycles. The highest BCUT2D eigenvalue weighted by Crippen LogP contribution is 2.42. The zero-order valence-electron chi connectivity index (χ0n) is 21.4. The Hall–Kier alpha value is -3.08. The molecule has 3 aromatic rings. The number of likely N-dealkylation sites (tertiary alicyclic amines) is 1. The second kappa shape index (κ2) is 10.5. The molecule has 2 saturated heterocycles. The van der Waals surface area contributed by atoms with Gasteiger partial charge in [-0.15, -0.1) is 0 Å². The van der Waals surface area contributed by atoms with Crippen LogP contribution in [0.4, 0.5) is 13.2 Å². The Bertz CT molecular complexity index is 1380. The molecule has 206 valence electrons. The first-order valence-corrected chi connectivity index (χ1v) is 13.5. The van der Waals surface area contributed by atoms with Crippen LogP contribution in [-0.2, 0) is 10.9 Å². The molecule has 3 aliphatic rings. The molecule has 39 heavy (non-hydrogen) atoms. The lowest BCUT2D eigenvalue weighted by molar-refractivity contribution is -0.154. The lowest BCUT2D eigenvalue weighted by atomic mass is 10.00. The summed E-state index contributed by atoms with van der Waals surface area (Å²) in [5.41, 5.74) is 1.75. The van der Waals surface area contributed by atoms with Gasteiger partial charge in [0.1, 0.15) is 11.9 Å². The predicted molar refractivity (Wildman–Crippen MR) is 141 cm³/mol. The van der Waals surface area contributed by atoms with Crippen LogP contribution in [0.5, 0.6) is 0 Å². The Labute approximate surface area is 229 Å². The number of hydrogen-bond donors (Lipinski definition) is 0. The standard InChI is InChI=1S/C28H29ClF3N5O2/c1-35-11-3-5-23(35)19-4-2-12-36(15-19)21-10-13-38-24(14-21)37-16-22(33-17-37)25-26(18-6-8-20(29)9-7-18)34-39-27(25)28(30,31)32/h2,4,6-9,15-17,21,23-24H,3,5,10-14H2,1H3. The maximum Gasteiger partial charge on any atom is 0.453 e. The van der Waals surface area contributed by atoms with Crippen LogP contribution in [0.1, 0.15) is 37.7 Å². The number of ether oxygens (including phenoxy) is 1. The fraction of sp³-hybridized carbons (Fsp3) is 0.429. The van der Waals surface area contributed by atoms with E-state index in [9.17, 15) is 13.2 Å². The predicted octanol–water partition coefficient (Wildman–Crippen LogP) is 6.40. The largest absolute Gasteiger partial charge is 0.453 e. The van der Waals surface area contributed by atoms with Crippen LogP contribution in [0, 0.1) is 0 Å². The third-order valence-corrected chi connectivity index (χ3v) is 8.06. The molecule has 0 N–H and O–H groups in total. The lowest BCUT2D eigenvalue weighted by Gasteiger charge is -2.39. The molecule has 0 amide bonds. The maximum atomic E-state index is 13.9. The van der Waals surface area contributed by atoms with Crippen molar-refractivity contribution >= 4 is 11.6 Å². The monoisotopic (exact) mass is 559 g/mol. The lowest BCUT2D eigenvalue weighted by Crippen LogP contribution is -2.40. The van der Waals surface area contributed by atoms with Gasteiger partial charge in [-0.05, 0) is 50.6 Å². The Morgan fingerprint density at radius 1 is 1.13 bits per heavy atom. The van der Waals surface area contributed by atoms with Crippen molar-refractivity contribution in [2.75, 3.05) is 26.7 Å². The van der Waals surface area contributed by atoms with Crippen LogP contribution in [0.3, 0.4) is 0 Å². The number of hydrogen-bond acceptors (Lipinski definition) is 6. The zero-order chi connectivity index (χ0) is 27.1. The number of likely N-dealkylation sites (N-methyl/N-ethyl adjacent to an activating group) is 1. The molecule has 1 aromatic carbocycles. The van der Waals surface area contributed by atoms with Gasteiger partial charge < -0.3 is 18.7 Å². The van der Waals surface area contributed by atoms with Crippen LogP contribution in [0.2, 0.25) is 5.02 Å². The molecule has 6 rings (SSSR count). The summed E-state index contributed by atoms with van der Waals surface area (Å²) in [6, 6.07) is 7.08. The molecular formula is C28H29ClF3N5O2. The number of halogens is 4. The van der Waals surface area contributed by atoms with Crippen molar-refractivity contribution < 1.29 is 22.4 Å². The third-order valence-electron chi connectivity index (χ3n) is 7.81. The van der Waals surface area contributed by atoms with Crippen molar-refractivity contribution in [3.05, 3.63) is 71.5 Å². The van der Waals surface area contributed by atoms with Crippen LogP contribution in [0.15, 0.2) is 65.2 Å². The summed E-state index contributed by atoms with van der Waals surface area (Å²) in [7, 11) is 2.17. The molecule has 0 bridgehead atoms. The molecule has 0 saturated carbocycles. The molecule has 0 aliphatic carbocycles. The van der Waals surface area contributed by atoms with Crippen molar-refractivity contribution in [1.82, 2.24) is 24.5 Å². The topological polar surface area (TPSA) is 59.6 Å². The summed E-state index contributed by atoms with van der Waals surface area (Å²) in [5.74, 6) is -1.19. The van der Waals surface area contributed by atoms with E-state index in [0.29, 0.717) is 29.7 Å². The van der Waals surface area contributed by atoms with Gasteiger partial charge in [0, 0.05) is 48.0 Å². The first kappa shape index (κ1) is 26.2. The molecule has 3 atom stereocenters. The fourth-order valence-electron chi connectivity index (χ4n) is 5.80. The summed E-state index contributed by atoms with van der Waals surface area (Å²) in [6.07, 6.45) is 8.68. The Balaban J connectivity index is 1.25. The third kappa shape index (κ3) is 5.25. The second-order valence-electron chi connectivity index (χ2n) is 10.3. The summed E-state index contributed by atoms with van der Waals surface area (Å²) in [5, 5.41) is 4.22. The number of aromatic nitrogens is 3. The second-order valence-corrected chi connectivity index (χ2v) is 10.8. The van der Waals surface area contributed by atoms with Gasteiger partial charge in [0.15, 0.2) is 0 Å². The van der Waals surface area contributed by atoms with Crippen LogP contribution >= 0.6 is 11.6 Å². The van der Waals surface area contributed by atoms with E-state index in [1.165, 1.54) is 18.3 Å². The Morgan fingerprint density at radius 3 is 2.69 bits per heavy atom. The van der Waals surface area contributed by atoms with Crippen molar-refractivity contribution in [1.29, 1.82) is 0 Å². The minimum atomic E-state index is -4.73. The number of nitrogens with zero attached hydrogens (tertiary/aromatic N) is 5. The molecule has 2 aromatic heterocycles. The van der Waals surface area contributed by atoms with Crippen molar-refractivity contribution in [3.8, 4) is 22.5 Å². The molecule has 0 radical (unpaired) electrons. The minimum Gasteiger partial charge on any atom is -0.370 e. The van der Waals surface area contributed by atoms with Gasteiger partial charge in [-0.2, -0.15) is 13.2 Å². The first-order valence-electron chi connectivity index (χ1n) is 13.1. The van der Waals surface area contributed by atoms with E-state index in [1.54, 1.807) is 35.0 Å². The summed E-state index contributed by atoms with van der Waals surface area (Å²) in [4.78, 5) is 9.11. The van der Waals surface area contributed by atoms with Crippen LogP contribution < -0.4 is 0 Å². The molecule has 0 spiro atoms. The van der Waals surface area contributed by atoms with Crippen molar-refractivity contribution in [2.24, 2.45) is 0 Å². The molecule has 2 fully saturated rings. The number of rotatable bonds is 5. The average molecular weight is 560 g/mol. The molecule has 3 unspecified atom stereocenters. The SMILES string of the molecule is CN1CCCC1C1=CN(C2CCOC(n3cnc(-c4c(-c5ccc(Cl)cc5)noc4C(F)(F)F)c3)C2)CC=C1. The first-order chi connectivity index (χ1) is 18.8.